The average molecular weight is 459 g/mol. The maximum Gasteiger partial charge on any atom is 0.250 e. The van der Waals surface area contributed by atoms with Gasteiger partial charge < -0.3 is 15.0 Å². The summed E-state index contributed by atoms with van der Waals surface area (Å²) in [6.45, 7) is 0.383. The van der Waals surface area contributed by atoms with Gasteiger partial charge in [-0.15, -0.1) is 11.3 Å². The van der Waals surface area contributed by atoms with Gasteiger partial charge in [0, 0.05) is 6.26 Å². The van der Waals surface area contributed by atoms with E-state index in [9.17, 15) is 13.5 Å². The number of aliphatic hydroxyl groups excluding tert-OH is 1. The molecular weight excluding hydrogens is 436 g/mol. The van der Waals surface area contributed by atoms with Gasteiger partial charge in [-0.3, -0.25) is 0 Å². The third-order valence-corrected chi connectivity index (χ3v) is 7.41. The van der Waals surface area contributed by atoms with Crippen LogP contribution in [0.4, 0.5) is 5.82 Å². The molecule has 0 aliphatic heterocycles. The number of nitrogens with one attached hydrogen (secondary N) is 1. The molecule has 0 spiro atoms. The van der Waals surface area contributed by atoms with E-state index in [4.69, 9.17) is 0 Å². The van der Waals surface area contributed by atoms with Crippen molar-refractivity contribution in [1.29, 1.82) is 0 Å². The second kappa shape index (κ2) is 7.81. The fourth-order valence-electron chi connectivity index (χ4n) is 4.00. The summed E-state index contributed by atoms with van der Waals surface area (Å²) >= 11 is 1.57. The number of anilines is 1. The van der Waals surface area contributed by atoms with Crippen molar-refractivity contribution in [2.24, 2.45) is 0 Å². The summed E-state index contributed by atoms with van der Waals surface area (Å²) < 4.78 is 27.4. The molecule has 4 aromatic rings. The number of fused-ring (bicyclic) bond motifs is 2. The van der Waals surface area contributed by atoms with E-state index in [1.54, 1.807) is 22.2 Å². The van der Waals surface area contributed by atoms with Gasteiger partial charge in [0.15, 0.2) is 17.0 Å². The Hall–Kier alpha value is -2.63. The van der Waals surface area contributed by atoms with Crippen LogP contribution in [0.3, 0.4) is 0 Å². The van der Waals surface area contributed by atoms with Crippen LogP contribution in [0.25, 0.3) is 21.4 Å². The lowest BCUT2D eigenvalue weighted by Crippen LogP contribution is -2.27. The van der Waals surface area contributed by atoms with Crippen molar-refractivity contribution in [3.63, 3.8) is 0 Å². The number of thiazole rings is 1. The predicted octanol–water partition coefficient (Wildman–Crippen LogP) is 2.93. The van der Waals surface area contributed by atoms with Crippen molar-refractivity contribution >= 4 is 48.4 Å². The van der Waals surface area contributed by atoms with Gasteiger partial charge >= 0.3 is 0 Å². The van der Waals surface area contributed by atoms with Gasteiger partial charge in [-0.2, -0.15) is 9.97 Å². The third kappa shape index (κ3) is 3.88. The van der Waals surface area contributed by atoms with Crippen LogP contribution < -0.4 is 5.32 Å². The Morgan fingerprint density at radius 2 is 2.00 bits per heavy atom. The minimum absolute atomic E-state index is 0.182. The van der Waals surface area contributed by atoms with Crippen molar-refractivity contribution in [3.8, 4) is 0 Å². The molecule has 2 N–H and O–H groups in total. The first-order valence-electron chi connectivity index (χ1n) is 10.1. The highest BCUT2D eigenvalue weighted by atomic mass is 32.2. The molecule has 1 aliphatic rings. The number of sulfone groups is 1. The Bertz CT molecular complexity index is 1330. The number of rotatable bonds is 5. The largest absolute Gasteiger partial charge is 0.391 e. The molecule has 0 radical (unpaired) electrons. The lowest BCUT2D eigenvalue weighted by atomic mass is 9.92. The fourth-order valence-corrected chi connectivity index (χ4v) is 5.42. The van der Waals surface area contributed by atoms with E-state index >= 15 is 0 Å². The SMILES string of the molecule is CS(=O)(=O)c1nc(NCc2nc3ccccc3s2)c2ncn([C@@H]3CCCC[C@@H]3O)c2n1. The molecular formula is C20H22N6O3S2. The van der Waals surface area contributed by atoms with Crippen LogP contribution in [0.5, 0.6) is 0 Å². The Labute approximate surface area is 183 Å². The third-order valence-electron chi connectivity index (χ3n) is 5.53. The average Bonchev–Trinajstić information content (AvgIpc) is 3.35. The summed E-state index contributed by atoms with van der Waals surface area (Å²) in [5.41, 5.74) is 1.81. The summed E-state index contributed by atoms with van der Waals surface area (Å²) in [5.74, 6) is 0.341. The smallest absolute Gasteiger partial charge is 0.250 e. The van der Waals surface area contributed by atoms with E-state index in [1.807, 2.05) is 24.3 Å². The molecule has 3 aromatic heterocycles. The maximum atomic E-state index is 12.3. The van der Waals surface area contributed by atoms with E-state index in [-0.39, 0.29) is 11.2 Å². The lowest BCUT2D eigenvalue weighted by Gasteiger charge is -2.28. The standard InChI is InChI=1S/C20H22N6O3S2/c1-31(28,29)20-24-18(21-10-16-23-12-6-2-5-9-15(12)30-16)17-19(25-20)26(11-22-17)13-7-3-4-8-14(13)27/h2,5-6,9,11,13-14,27H,3-4,7-8,10H2,1H3,(H,21,24,25)/t13-,14+/m1/s1. The minimum atomic E-state index is -3.64. The second-order valence-electron chi connectivity index (χ2n) is 7.80. The van der Waals surface area contributed by atoms with Crippen molar-refractivity contribution in [2.45, 2.75) is 49.5 Å². The number of aliphatic hydroxyl groups is 1. The molecule has 31 heavy (non-hydrogen) atoms. The molecule has 3 heterocycles. The Morgan fingerprint density at radius 3 is 2.77 bits per heavy atom. The Kier molecular flexibility index (Phi) is 5.11. The topological polar surface area (TPSA) is 123 Å². The molecule has 0 bridgehead atoms. The van der Waals surface area contributed by atoms with Crippen molar-refractivity contribution in [1.82, 2.24) is 24.5 Å². The first-order chi connectivity index (χ1) is 14.9. The number of nitrogens with zero attached hydrogens (tertiary/aromatic N) is 5. The van der Waals surface area contributed by atoms with Crippen LogP contribution >= 0.6 is 11.3 Å². The van der Waals surface area contributed by atoms with Crippen LogP contribution in [-0.4, -0.2) is 50.4 Å². The molecule has 1 aromatic carbocycles. The molecule has 1 saturated carbocycles. The van der Waals surface area contributed by atoms with Gasteiger partial charge in [0.1, 0.15) is 5.01 Å². The molecule has 1 fully saturated rings. The number of benzene rings is 1. The quantitative estimate of drug-likeness (QED) is 0.438. The zero-order valence-electron chi connectivity index (χ0n) is 16.9. The van der Waals surface area contributed by atoms with Gasteiger partial charge in [-0.05, 0) is 25.0 Å². The first kappa shape index (κ1) is 20.3. The molecule has 0 unspecified atom stereocenters. The molecule has 1 aliphatic carbocycles. The molecule has 0 saturated heterocycles. The Balaban J connectivity index is 1.54. The van der Waals surface area contributed by atoms with Gasteiger partial charge in [0.05, 0.1) is 35.2 Å². The number of imidazole rings is 1. The molecule has 11 heteroatoms. The van der Waals surface area contributed by atoms with E-state index in [1.165, 1.54) is 0 Å². The molecule has 5 rings (SSSR count). The molecule has 9 nitrogen and oxygen atoms in total. The Morgan fingerprint density at radius 1 is 1.19 bits per heavy atom. The summed E-state index contributed by atoms with van der Waals surface area (Å²) in [6.07, 6.45) is 5.66. The van der Waals surface area contributed by atoms with Gasteiger partial charge in [-0.1, -0.05) is 25.0 Å². The fraction of sp³-hybridized carbons (Fsp3) is 0.400. The number of hydrogen-bond donors (Lipinski definition) is 2. The minimum Gasteiger partial charge on any atom is -0.391 e. The van der Waals surface area contributed by atoms with E-state index in [2.05, 4.69) is 25.3 Å². The summed E-state index contributed by atoms with van der Waals surface area (Å²) in [7, 11) is -3.64. The summed E-state index contributed by atoms with van der Waals surface area (Å²) in [4.78, 5) is 17.6. The maximum absolute atomic E-state index is 12.3. The highest BCUT2D eigenvalue weighted by Gasteiger charge is 2.28. The van der Waals surface area contributed by atoms with Crippen LogP contribution in [0.1, 0.15) is 36.7 Å². The number of hydrogen-bond acceptors (Lipinski definition) is 9. The van der Waals surface area contributed by atoms with Crippen molar-refractivity contribution in [3.05, 3.63) is 35.6 Å². The molecule has 2 atom stereocenters. The van der Waals surface area contributed by atoms with Crippen LogP contribution in [0.15, 0.2) is 35.7 Å². The number of aromatic nitrogens is 5. The van der Waals surface area contributed by atoms with Crippen LogP contribution in [-0.2, 0) is 16.4 Å². The van der Waals surface area contributed by atoms with Crippen LogP contribution in [0.2, 0.25) is 0 Å². The number of para-hydroxylation sites is 1. The highest BCUT2D eigenvalue weighted by Crippen LogP contribution is 2.32. The summed E-state index contributed by atoms with van der Waals surface area (Å²) in [5, 5.41) is 14.3. The van der Waals surface area contributed by atoms with E-state index < -0.39 is 15.9 Å². The molecule has 0 amide bonds. The van der Waals surface area contributed by atoms with Crippen molar-refractivity contribution in [2.75, 3.05) is 11.6 Å². The first-order valence-corrected chi connectivity index (χ1v) is 12.8. The van der Waals surface area contributed by atoms with Gasteiger partial charge in [0.2, 0.25) is 9.84 Å². The monoisotopic (exact) mass is 458 g/mol. The van der Waals surface area contributed by atoms with Crippen LogP contribution in [0, 0.1) is 0 Å². The highest BCUT2D eigenvalue weighted by molar-refractivity contribution is 7.90. The van der Waals surface area contributed by atoms with E-state index in [0.29, 0.717) is 29.9 Å². The zero-order chi connectivity index (χ0) is 21.6. The van der Waals surface area contributed by atoms with Crippen molar-refractivity contribution < 1.29 is 13.5 Å². The predicted molar refractivity (Wildman–Crippen MR) is 119 cm³/mol. The normalized spacial score (nSPS) is 19.8. The van der Waals surface area contributed by atoms with Gasteiger partial charge in [0.25, 0.3) is 5.16 Å². The summed E-state index contributed by atoms with van der Waals surface area (Å²) in [6, 6.07) is 7.70. The van der Waals surface area contributed by atoms with E-state index in [0.717, 1.165) is 40.7 Å². The second-order valence-corrected chi connectivity index (χ2v) is 10.8. The van der Waals surface area contributed by atoms with Gasteiger partial charge in [-0.25, -0.2) is 18.4 Å². The zero-order valence-corrected chi connectivity index (χ0v) is 18.5. The lowest BCUT2D eigenvalue weighted by molar-refractivity contribution is 0.0770. The molecule has 162 valence electrons.